The maximum Gasteiger partial charge on any atom is 0.394 e. The quantitative estimate of drug-likeness (QED) is 0.575. The number of para-hydroxylation sites is 1. The SMILES string of the molecule is COC(=O)c1nc2c(S)cccc2o1. The number of rotatable bonds is 1. The highest BCUT2D eigenvalue weighted by Crippen LogP contribution is 2.22. The molecule has 2 rings (SSSR count). The maximum absolute atomic E-state index is 11.1. The molecule has 5 heteroatoms. The number of aromatic nitrogens is 1. The van der Waals surface area contributed by atoms with Crippen molar-refractivity contribution in [3.63, 3.8) is 0 Å². The van der Waals surface area contributed by atoms with Gasteiger partial charge in [0.1, 0.15) is 5.52 Å². The molecule has 0 atom stereocenters. The van der Waals surface area contributed by atoms with Gasteiger partial charge in [0.15, 0.2) is 5.58 Å². The van der Waals surface area contributed by atoms with E-state index < -0.39 is 5.97 Å². The van der Waals surface area contributed by atoms with Crippen molar-refractivity contribution in [2.75, 3.05) is 7.11 Å². The third-order valence-corrected chi connectivity index (χ3v) is 2.12. The molecule has 4 nitrogen and oxygen atoms in total. The van der Waals surface area contributed by atoms with Crippen LogP contribution in [0, 0.1) is 0 Å². The van der Waals surface area contributed by atoms with Crippen molar-refractivity contribution < 1.29 is 13.9 Å². The Bertz CT molecular complexity index is 492. The lowest BCUT2D eigenvalue weighted by molar-refractivity contribution is 0.0558. The summed E-state index contributed by atoms with van der Waals surface area (Å²) in [5, 5.41) is 0. The molecule has 1 aromatic heterocycles. The summed E-state index contributed by atoms with van der Waals surface area (Å²) in [6.07, 6.45) is 0. The van der Waals surface area contributed by atoms with Crippen molar-refractivity contribution in [1.29, 1.82) is 0 Å². The lowest BCUT2D eigenvalue weighted by atomic mass is 10.3. The zero-order chi connectivity index (χ0) is 10.1. The number of carbonyl (C=O) groups is 1. The molecule has 0 aliphatic heterocycles. The first-order chi connectivity index (χ1) is 6.72. The van der Waals surface area contributed by atoms with Crippen LogP contribution < -0.4 is 0 Å². The molecule has 72 valence electrons. The minimum absolute atomic E-state index is 0.0519. The number of carbonyl (C=O) groups excluding carboxylic acids is 1. The highest BCUT2D eigenvalue weighted by atomic mass is 32.1. The number of methoxy groups -OCH3 is 1. The normalized spacial score (nSPS) is 10.4. The molecule has 0 bridgehead atoms. The van der Waals surface area contributed by atoms with Crippen LogP contribution in [0.3, 0.4) is 0 Å². The number of nitrogens with zero attached hydrogens (tertiary/aromatic N) is 1. The van der Waals surface area contributed by atoms with Gasteiger partial charge in [0, 0.05) is 4.90 Å². The second kappa shape index (κ2) is 3.34. The molecule has 2 aromatic rings. The number of esters is 1. The zero-order valence-electron chi connectivity index (χ0n) is 7.35. The molecule has 14 heavy (non-hydrogen) atoms. The predicted octanol–water partition coefficient (Wildman–Crippen LogP) is 1.90. The first-order valence-corrected chi connectivity index (χ1v) is 4.34. The van der Waals surface area contributed by atoms with Crippen molar-refractivity contribution in [1.82, 2.24) is 4.98 Å². The van der Waals surface area contributed by atoms with Gasteiger partial charge in [0.2, 0.25) is 0 Å². The van der Waals surface area contributed by atoms with E-state index in [1.807, 2.05) is 0 Å². The smallest absolute Gasteiger partial charge is 0.394 e. The van der Waals surface area contributed by atoms with E-state index >= 15 is 0 Å². The van der Waals surface area contributed by atoms with Crippen molar-refractivity contribution in [2.24, 2.45) is 0 Å². The molecular weight excluding hydrogens is 202 g/mol. The Labute approximate surface area is 85.3 Å². The van der Waals surface area contributed by atoms with Gasteiger partial charge >= 0.3 is 11.9 Å². The number of hydrogen-bond donors (Lipinski definition) is 1. The average molecular weight is 209 g/mol. The highest BCUT2D eigenvalue weighted by Gasteiger charge is 2.15. The number of hydrogen-bond acceptors (Lipinski definition) is 5. The molecule has 0 saturated heterocycles. The van der Waals surface area contributed by atoms with Gasteiger partial charge in [-0.05, 0) is 12.1 Å². The molecule has 0 saturated carbocycles. The van der Waals surface area contributed by atoms with Crippen LogP contribution >= 0.6 is 12.6 Å². The van der Waals surface area contributed by atoms with Gasteiger partial charge in [0.25, 0.3) is 0 Å². The Morgan fingerprint density at radius 1 is 1.57 bits per heavy atom. The van der Waals surface area contributed by atoms with Crippen molar-refractivity contribution in [3.8, 4) is 0 Å². The Kier molecular flexibility index (Phi) is 2.17. The molecule has 0 radical (unpaired) electrons. The van der Waals surface area contributed by atoms with E-state index in [1.54, 1.807) is 18.2 Å². The minimum atomic E-state index is -0.589. The van der Waals surface area contributed by atoms with Crippen molar-refractivity contribution >= 4 is 29.7 Å². The van der Waals surface area contributed by atoms with Crippen LogP contribution in [0.4, 0.5) is 0 Å². The van der Waals surface area contributed by atoms with Crippen LogP contribution in [0.25, 0.3) is 11.1 Å². The largest absolute Gasteiger partial charge is 0.462 e. The lowest BCUT2D eigenvalue weighted by Crippen LogP contribution is -2.00. The van der Waals surface area contributed by atoms with Gasteiger partial charge in [-0.15, -0.1) is 12.6 Å². The van der Waals surface area contributed by atoms with Crippen LogP contribution in [0.2, 0.25) is 0 Å². The Hall–Kier alpha value is -1.49. The van der Waals surface area contributed by atoms with Gasteiger partial charge in [-0.25, -0.2) is 9.78 Å². The summed E-state index contributed by atoms with van der Waals surface area (Å²) in [5.74, 6) is -0.641. The van der Waals surface area contributed by atoms with E-state index in [0.29, 0.717) is 16.0 Å². The fraction of sp³-hybridized carbons (Fsp3) is 0.111. The highest BCUT2D eigenvalue weighted by molar-refractivity contribution is 7.80. The maximum atomic E-state index is 11.1. The molecule has 0 fully saturated rings. The van der Waals surface area contributed by atoms with Crippen LogP contribution in [-0.4, -0.2) is 18.1 Å². The molecular formula is C9H7NO3S. The topological polar surface area (TPSA) is 52.3 Å². The predicted molar refractivity (Wildman–Crippen MR) is 52.6 cm³/mol. The molecule has 1 aromatic carbocycles. The molecule has 0 N–H and O–H groups in total. The zero-order valence-corrected chi connectivity index (χ0v) is 8.25. The second-order valence-electron chi connectivity index (χ2n) is 2.63. The number of fused-ring (bicyclic) bond motifs is 1. The number of oxazole rings is 1. The molecule has 0 amide bonds. The monoisotopic (exact) mass is 209 g/mol. The Balaban J connectivity index is 2.62. The summed E-state index contributed by atoms with van der Waals surface area (Å²) in [4.78, 5) is 15.7. The molecule has 0 spiro atoms. The number of thiol groups is 1. The summed E-state index contributed by atoms with van der Waals surface area (Å²) < 4.78 is 9.65. The van der Waals surface area contributed by atoms with Gasteiger partial charge in [-0.3, -0.25) is 0 Å². The van der Waals surface area contributed by atoms with Gasteiger partial charge in [0.05, 0.1) is 7.11 Å². The summed E-state index contributed by atoms with van der Waals surface area (Å²) in [6.45, 7) is 0. The lowest BCUT2D eigenvalue weighted by Gasteiger charge is -1.88. The molecule has 1 heterocycles. The second-order valence-corrected chi connectivity index (χ2v) is 3.12. The number of benzene rings is 1. The Morgan fingerprint density at radius 3 is 3.00 bits per heavy atom. The third-order valence-electron chi connectivity index (χ3n) is 1.76. The average Bonchev–Trinajstić information content (AvgIpc) is 2.62. The first-order valence-electron chi connectivity index (χ1n) is 3.89. The van der Waals surface area contributed by atoms with E-state index in [2.05, 4.69) is 22.3 Å². The van der Waals surface area contributed by atoms with E-state index in [-0.39, 0.29) is 5.89 Å². The summed E-state index contributed by atoms with van der Waals surface area (Å²) in [7, 11) is 1.28. The van der Waals surface area contributed by atoms with E-state index in [0.717, 1.165) is 0 Å². The fourth-order valence-corrected chi connectivity index (χ4v) is 1.35. The summed E-state index contributed by atoms with van der Waals surface area (Å²) in [5.41, 5.74) is 1.09. The van der Waals surface area contributed by atoms with E-state index in [1.165, 1.54) is 7.11 Å². The standard InChI is InChI=1S/C9H7NO3S/c1-12-9(11)8-10-7-5(13-8)3-2-4-6(7)14/h2-4,14H,1H3. The van der Waals surface area contributed by atoms with Gasteiger partial charge in [-0.2, -0.15) is 0 Å². The van der Waals surface area contributed by atoms with E-state index in [4.69, 9.17) is 4.42 Å². The summed E-state index contributed by atoms with van der Waals surface area (Å²) in [6, 6.07) is 5.26. The first kappa shape index (κ1) is 9.08. The van der Waals surface area contributed by atoms with Crippen molar-refractivity contribution in [3.05, 3.63) is 24.1 Å². The molecule has 0 unspecified atom stereocenters. The van der Waals surface area contributed by atoms with Crippen molar-refractivity contribution in [2.45, 2.75) is 4.90 Å². The Morgan fingerprint density at radius 2 is 2.36 bits per heavy atom. The van der Waals surface area contributed by atoms with Crippen LogP contribution in [0.5, 0.6) is 0 Å². The van der Waals surface area contributed by atoms with E-state index in [9.17, 15) is 4.79 Å². The van der Waals surface area contributed by atoms with Crippen LogP contribution in [-0.2, 0) is 4.74 Å². The van der Waals surface area contributed by atoms with Gasteiger partial charge < -0.3 is 9.15 Å². The molecule has 0 aliphatic rings. The van der Waals surface area contributed by atoms with Crippen LogP contribution in [0.1, 0.15) is 10.7 Å². The minimum Gasteiger partial charge on any atom is -0.462 e. The fourth-order valence-electron chi connectivity index (χ4n) is 1.11. The van der Waals surface area contributed by atoms with Gasteiger partial charge in [-0.1, -0.05) is 6.07 Å². The third kappa shape index (κ3) is 1.35. The summed E-state index contributed by atoms with van der Waals surface area (Å²) >= 11 is 4.19. The molecule has 0 aliphatic carbocycles. The number of ether oxygens (including phenoxy) is 1. The van der Waals surface area contributed by atoms with Crippen LogP contribution in [0.15, 0.2) is 27.5 Å².